The third-order valence-corrected chi connectivity index (χ3v) is 3.06. The molecule has 1 fully saturated rings. The number of rotatable bonds is 3. The highest BCUT2D eigenvalue weighted by Gasteiger charge is 2.31. The molecule has 0 bridgehead atoms. The molecular weight excluding hydrogens is 248 g/mol. The number of carbonyl (C=O) groups excluding carboxylic acids is 2. The van der Waals surface area contributed by atoms with E-state index in [0.717, 1.165) is 0 Å². The van der Waals surface area contributed by atoms with Gasteiger partial charge in [0, 0.05) is 31.8 Å². The highest BCUT2D eigenvalue weighted by atomic mass is 16.5. The van der Waals surface area contributed by atoms with E-state index in [2.05, 4.69) is 4.74 Å². The summed E-state index contributed by atoms with van der Waals surface area (Å²) in [5.74, 6) is -0.340. The van der Waals surface area contributed by atoms with Gasteiger partial charge in [0.05, 0.1) is 7.11 Å². The van der Waals surface area contributed by atoms with E-state index in [1.807, 2.05) is 0 Å². The van der Waals surface area contributed by atoms with Gasteiger partial charge in [-0.3, -0.25) is 4.79 Å². The van der Waals surface area contributed by atoms with E-state index in [9.17, 15) is 9.59 Å². The van der Waals surface area contributed by atoms with Crippen molar-refractivity contribution in [1.82, 2.24) is 4.90 Å². The standard InChI is InChI=1S/C13H16N2O4/c1-15-6-5-10(12(15)16)19-11-7-8(14)3-4-9(11)13(17)18-2/h3-4,7,10H,5-6,14H2,1-2H3. The van der Waals surface area contributed by atoms with Crippen LogP contribution in [0.3, 0.4) is 0 Å². The summed E-state index contributed by atoms with van der Waals surface area (Å²) in [6, 6.07) is 4.64. The average Bonchev–Trinajstić information content (AvgIpc) is 2.70. The maximum absolute atomic E-state index is 11.8. The summed E-state index contributed by atoms with van der Waals surface area (Å²) in [5, 5.41) is 0. The number of nitrogens with zero attached hydrogens (tertiary/aromatic N) is 1. The first kappa shape index (κ1) is 13.2. The summed E-state index contributed by atoms with van der Waals surface area (Å²) >= 11 is 0. The summed E-state index contributed by atoms with van der Waals surface area (Å²) in [5.41, 5.74) is 6.40. The topological polar surface area (TPSA) is 81.9 Å². The number of methoxy groups -OCH3 is 1. The Bertz CT molecular complexity index is 515. The molecule has 2 rings (SSSR count). The number of anilines is 1. The Morgan fingerprint density at radius 1 is 1.47 bits per heavy atom. The first-order valence-corrected chi connectivity index (χ1v) is 5.92. The number of ether oxygens (including phenoxy) is 2. The van der Waals surface area contributed by atoms with Crippen LogP contribution in [0.15, 0.2) is 18.2 Å². The molecule has 6 heteroatoms. The van der Waals surface area contributed by atoms with Crippen LogP contribution in [-0.4, -0.2) is 43.6 Å². The van der Waals surface area contributed by atoms with Crippen molar-refractivity contribution < 1.29 is 19.1 Å². The molecule has 0 spiro atoms. The van der Waals surface area contributed by atoms with E-state index < -0.39 is 12.1 Å². The van der Waals surface area contributed by atoms with E-state index in [4.69, 9.17) is 10.5 Å². The molecule has 1 unspecified atom stereocenters. The van der Waals surface area contributed by atoms with Crippen LogP contribution in [0.4, 0.5) is 5.69 Å². The first-order valence-electron chi connectivity index (χ1n) is 5.92. The Kier molecular flexibility index (Phi) is 3.59. The third kappa shape index (κ3) is 2.62. The van der Waals surface area contributed by atoms with Crippen LogP contribution in [0.1, 0.15) is 16.8 Å². The van der Waals surface area contributed by atoms with Gasteiger partial charge in [0.15, 0.2) is 6.10 Å². The molecule has 1 saturated heterocycles. The van der Waals surface area contributed by atoms with Gasteiger partial charge in [-0.25, -0.2) is 4.79 Å². The Balaban J connectivity index is 2.26. The van der Waals surface area contributed by atoms with Crippen molar-refractivity contribution in [3.63, 3.8) is 0 Å². The van der Waals surface area contributed by atoms with Gasteiger partial charge in [0.1, 0.15) is 11.3 Å². The molecule has 0 aromatic heterocycles. The van der Waals surface area contributed by atoms with E-state index in [1.54, 1.807) is 18.0 Å². The van der Waals surface area contributed by atoms with Gasteiger partial charge in [-0.05, 0) is 12.1 Å². The maximum atomic E-state index is 11.8. The molecule has 0 aliphatic carbocycles. The second kappa shape index (κ2) is 5.17. The maximum Gasteiger partial charge on any atom is 0.341 e. The monoisotopic (exact) mass is 264 g/mol. The minimum Gasteiger partial charge on any atom is -0.480 e. The van der Waals surface area contributed by atoms with Crippen molar-refractivity contribution >= 4 is 17.6 Å². The second-order valence-electron chi connectivity index (χ2n) is 4.40. The molecule has 6 nitrogen and oxygen atoms in total. The molecule has 1 aromatic carbocycles. The number of esters is 1. The van der Waals surface area contributed by atoms with Crippen molar-refractivity contribution in [2.24, 2.45) is 0 Å². The Hall–Kier alpha value is -2.24. The van der Waals surface area contributed by atoms with Crippen LogP contribution in [0, 0.1) is 0 Å². The number of benzene rings is 1. The van der Waals surface area contributed by atoms with Crippen LogP contribution >= 0.6 is 0 Å². The fourth-order valence-corrected chi connectivity index (χ4v) is 1.97. The smallest absolute Gasteiger partial charge is 0.341 e. The van der Waals surface area contributed by atoms with E-state index in [0.29, 0.717) is 18.7 Å². The fraction of sp³-hybridized carbons (Fsp3) is 0.385. The van der Waals surface area contributed by atoms with Crippen molar-refractivity contribution in [3.05, 3.63) is 23.8 Å². The third-order valence-electron chi connectivity index (χ3n) is 3.06. The molecule has 1 aliphatic heterocycles. The average molecular weight is 264 g/mol. The summed E-state index contributed by atoms with van der Waals surface area (Å²) in [6.07, 6.45) is 0.0142. The normalized spacial score (nSPS) is 18.5. The summed E-state index contributed by atoms with van der Waals surface area (Å²) in [4.78, 5) is 25.0. The minimum absolute atomic E-state index is 0.0989. The van der Waals surface area contributed by atoms with Gasteiger partial charge >= 0.3 is 5.97 Å². The predicted octanol–water partition coefficient (Wildman–Crippen LogP) is 0.665. The zero-order valence-corrected chi connectivity index (χ0v) is 10.9. The number of carbonyl (C=O) groups is 2. The predicted molar refractivity (Wildman–Crippen MR) is 68.9 cm³/mol. The Labute approximate surface area is 111 Å². The number of likely N-dealkylation sites (N-methyl/N-ethyl adjacent to an activating group) is 1. The molecule has 2 N–H and O–H groups in total. The number of amides is 1. The molecule has 102 valence electrons. The lowest BCUT2D eigenvalue weighted by Gasteiger charge is -2.15. The molecule has 1 heterocycles. The van der Waals surface area contributed by atoms with Crippen molar-refractivity contribution in [2.75, 3.05) is 26.4 Å². The number of nitrogen functional groups attached to an aromatic ring is 1. The summed E-state index contributed by atoms with van der Waals surface area (Å²) in [7, 11) is 3.00. The lowest BCUT2D eigenvalue weighted by molar-refractivity contribution is -0.132. The van der Waals surface area contributed by atoms with Gasteiger partial charge in [-0.1, -0.05) is 0 Å². The second-order valence-corrected chi connectivity index (χ2v) is 4.40. The van der Waals surface area contributed by atoms with Gasteiger partial charge < -0.3 is 20.1 Å². The molecular formula is C13H16N2O4. The zero-order valence-electron chi connectivity index (χ0n) is 10.9. The van der Waals surface area contributed by atoms with E-state index in [1.165, 1.54) is 19.2 Å². The van der Waals surface area contributed by atoms with Crippen LogP contribution in [-0.2, 0) is 9.53 Å². The molecule has 0 saturated carbocycles. The zero-order chi connectivity index (χ0) is 14.0. The van der Waals surface area contributed by atoms with E-state index in [-0.39, 0.29) is 17.2 Å². The van der Waals surface area contributed by atoms with Crippen LogP contribution in [0.5, 0.6) is 5.75 Å². The Morgan fingerprint density at radius 2 is 2.21 bits per heavy atom. The molecule has 0 radical (unpaired) electrons. The quantitative estimate of drug-likeness (QED) is 0.640. The van der Waals surface area contributed by atoms with Crippen molar-refractivity contribution in [3.8, 4) is 5.75 Å². The molecule has 1 atom stereocenters. The number of nitrogens with two attached hydrogens (primary N) is 1. The van der Waals surface area contributed by atoms with E-state index >= 15 is 0 Å². The van der Waals surface area contributed by atoms with Crippen molar-refractivity contribution in [2.45, 2.75) is 12.5 Å². The van der Waals surface area contributed by atoms with Gasteiger partial charge in [-0.2, -0.15) is 0 Å². The first-order chi connectivity index (χ1) is 9.02. The Morgan fingerprint density at radius 3 is 2.79 bits per heavy atom. The molecule has 1 aromatic rings. The van der Waals surface area contributed by atoms with Crippen LogP contribution < -0.4 is 10.5 Å². The lowest BCUT2D eigenvalue weighted by atomic mass is 10.1. The number of hydrogen-bond donors (Lipinski definition) is 1. The van der Waals surface area contributed by atoms with Crippen molar-refractivity contribution in [1.29, 1.82) is 0 Å². The van der Waals surface area contributed by atoms with Gasteiger partial charge in [-0.15, -0.1) is 0 Å². The number of hydrogen-bond acceptors (Lipinski definition) is 5. The summed E-state index contributed by atoms with van der Waals surface area (Å²) < 4.78 is 10.3. The highest BCUT2D eigenvalue weighted by molar-refractivity contribution is 5.93. The largest absolute Gasteiger partial charge is 0.480 e. The SMILES string of the molecule is COC(=O)c1ccc(N)cc1OC1CCN(C)C1=O. The fourth-order valence-electron chi connectivity index (χ4n) is 1.97. The van der Waals surface area contributed by atoms with Crippen LogP contribution in [0.2, 0.25) is 0 Å². The number of likely N-dealkylation sites (tertiary alicyclic amines) is 1. The van der Waals surface area contributed by atoms with Gasteiger partial charge in [0.25, 0.3) is 5.91 Å². The summed E-state index contributed by atoms with van der Waals surface area (Å²) in [6.45, 7) is 0.638. The van der Waals surface area contributed by atoms with Gasteiger partial charge in [0.2, 0.25) is 0 Å². The highest BCUT2D eigenvalue weighted by Crippen LogP contribution is 2.26. The molecule has 1 aliphatic rings. The molecule has 19 heavy (non-hydrogen) atoms. The molecule has 1 amide bonds. The van der Waals surface area contributed by atoms with Crippen LogP contribution in [0.25, 0.3) is 0 Å². The lowest BCUT2D eigenvalue weighted by Crippen LogP contribution is -2.29. The minimum atomic E-state index is -0.574.